The van der Waals surface area contributed by atoms with Crippen LogP contribution >= 0.6 is 11.6 Å². The van der Waals surface area contributed by atoms with Crippen molar-refractivity contribution in [3.05, 3.63) is 59.1 Å². The van der Waals surface area contributed by atoms with Crippen LogP contribution in [0.5, 0.6) is 5.75 Å². The maximum atomic E-state index is 12.5. The van der Waals surface area contributed by atoms with Gasteiger partial charge in [0, 0.05) is 36.6 Å². The molecular formula is C20H22ClN3O3. The summed E-state index contributed by atoms with van der Waals surface area (Å²) in [4.78, 5) is 26.3. The second kappa shape index (κ2) is 8.31. The van der Waals surface area contributed by atoms with Crippen molar-refractivity contribution in [1.82, 2.24) is 10.2 Å². The van der Waals surface area contributed by atoms with Crippen molar-refractivity contribution < 1.29 is 14.3 Å². The molecule has 1 heterocycles. The van der Waals surface area contributed by atoms with Crippen molar-refractivity contribution in [2.75, 3.05) is 26.0 Å². The van der Waals surface area contributed by atoms with Gasteiger partial charge in [-0.05, 0) is 42.0 Å². The van der Waals surface area contributed by atoms with Crippen LogP contribution in [0.1, 0.15) is 17.9 Å². The Hall–Kier alpha value is -2.73. The summed E-state index contributed by atoms with van der Waals surface area (Å²) < 4.78 is 5.20. The Morgan fingerprint density at radius 2 is 1.81 bits per heavy atom. The van der Waals surface area contributed by atoms with Gasteiger partial charge in [-0.2, -0.15) is 0 Å². The quantitative estimate of drug-likeness (QED) is 0.843. The van der Waals surface area contributed by atoms with Gasteiger partial charge in [0.1, 0.15) is 5.75 Å². The molecule has 1 saturated heterocycles. The third kappa shape index (κ3) is 4.71. The monoisotopic (exact) mass is 387 g/mol. The third-order valence-corrected chi connectivity index (χ3v) is 4.99. The molecule has 1 aliphatic heterocycles. The number of amides is 3. The Labute approximate surface area is 163 Å². The van der Waals surface area contributed by atoms with E-state index in [9.17, 15) is 9.59 Å². The molecule has 0 saturated carbocycles. The summed E-state index contributed by atoms with van der Waals surface area (Å²) >= 11 is 5.87. The normalized spacial score (nSPS) is 19.5. The van der Waals surface area contributed by atoms with Gasteiger partial charge in [-0.25, -0.2) is 4.79 Å². The van der Waals surface area contributed by atoms with Crippen LogP contribution in [0.15, 0.2) is 48.5 Å². The van der Waals surface area contributed by atoms with Gasteiger partial charge in [0.15, 0.2) is 0 Å². The molecule has 1 unspecified atom stereocenters. The third-order valence-electron chi connectivity index (χ3n) is 4.74. The molecule has 0 aromatic heterocycles. The van der Waals surface area contributed by atoms with E-state index in [2.05, 4.69) is 10.6 Å². The number of carbonyl (C=O) groups is 2. The summed E-state index contributed by atoms with van der Waals surface area (Å²) in [6.45, 7) is 0.448. The molecule has 6 nitrogen and oxygen atoms in total. The molecule has 3 amide bonds. The number of anilines is 1. The predicted molar refractivity (Wildman–Crippen MR) is 105 cm³/mol. The molecule has 0 radical (unpaired) electrons. The summed E-state index contributed by atoms with van der Waals surface area (Å²) in [6.07, 6.45) is 0.342. The number of nitrogens with zero attached hydrogens (tertiary/aromatic N) is 1. The van der Waals surface area contributed by atoms with Crippen LogP contribution in [0.4, 0.5) is 10.5 Å². The second-order valence-electron chi connectivity index (χ2n) is 6.57. The van der Waals surface area contributed by atoms with Crippen LogP contribution < -0.4 is 15.4 Å². The first-order valence-corrected chi connectivity index (χ1v) is 9.05. The number of benzene rings is 2. The number of methoxy groups -OCH3 is 1. The zero-order valence-electron chi connectivity index (χ0n) is 15.2. The highest BCUT2D eigenvalue weighted by molar-refractivity contribution is 6.30. The molecular weight excluding hydrogens is 366 g/mol. The number of ether oxygens (including phenoxy) is 1. The minimum atomic E-state index is -0.316. The van der Waals surface area contributed by atoms with Gasteiger partial charge in [0.05, 0.1) is 13.2 Å². The maximum absolute atomic E-state index is 12.5. The molecule has 1 aliphatic rings. The minimum absolute atomic E-state index is 0.0620. The van der Waals surface area contributed by atoms with Crippen LogP contribution in [-0.2, 0) is 4.79 Å². The van der Waals surface area contributed by atoms with Crippen molar-refractivity contribution in [1.29, 1.82) is 0 Å². The highest BCUT2D eigenvalue weighted by Gasteiger charge is 2.34. The summed E-state index contributed by atoms with van der Waals surface area (Å²) in [7, 11) is 3.36. The number of piperidine rings is 1. The number of likely N-dealkylation sites (tertiary alicyclic amines) is 1. The van der Waals surface area contributed by atoms with Crippen LogP contribution in [0.2, 0.25) is 5.02 Å². The fraction of sp³-hybridized carbons (Fsp3) is 0.300. The lowest BCUT2D eigenvalue weighted by Crippen LogP contribution is -2.53. The average Bonchev–Trinajstić information content (AvgIpc) is 2.66. The molecule has 2 aromatic rings. The Morgan fingerprint density at radius 1 is 1.15 bits per heavy atom. The standard InChI is InChI=1S/C20H22ClN3O3/c1-24-12-18(23-20(26)22-15-7-5-14(21)6-8-15)17(11-19(24)25)13-3-9-16(27-2)10-4-13/h3-10,17-18H,11-12H2,1-2H3,(H2,22,23,26)/t17?,18-/m1/s1. The average molecular weight is 388 g/mol. The molecule has 2 aromatic carbocycles. The number of nitrogens with one attached hydrogen (secondary N) is 2. The lowest BCUT2D eigenvalue weighted by Gasteiger charge is -2.37. The highest BCUT2D eigenvalue weighted by Crippen LogP contribution is 2.30. The van der Waals surface area contributed by atoms with Gasteiger partial charge in [0.25, 0.3) is 0 Å². The van der Waals surface area contributed by atoms with Gasteiger partial charge in [-0.1, -0.05) is 23.7 Å². The summed E-state index contributed by atoms with van der Waals surface area (Å²) in [5, 5.41) is 6.41. The zero-order chi connectivity index (χ0) is 19.4. The summed E-state index contributed by atoms with van der Waals surface area (Å²) in [6, 6.07) is 14.0. The number of likely N-dealkylation sites (N-methyl/N-ethyl adjacent to an activating group) is 1. The number of carbonyl (C=O) groups excluding carboxylic acids is 2. The zero-order valence-corrected chi connectivity index (χ0v) is 16.0. The van der Waals surface area contributed by atoms with Gasteiger partial charge in [-0.15, -0.1) is 0 Å². The Balaban J connectivity index is 1.73. The van der Waals surface area contributed by atoms with Crippen LogP contribution in [0, 0.1) is 0 Å². The van der Waals surface area contributed by atoms with Crippen LogP contribution in [0.3, 0.4) is 0 Å². The van der Waals surface area contributed by atoms with Crippen molar-refractivity contribution in [3.63, 3.8) is 0 Å². The van der Waals surface area contributed by atoms with E-state index in [-0.39, 0.29) is 23.9 Å². The second-order valence-corrected chi connectivity index (χ2v) is 7.01. The SMILES string of the molecule is COc1ccc(C2CC(=O)N(C)C[C@H]2NC(=O)Nc2ccc(Cl)cc2)cc1. The molecule has 2 atom stereocenters. The number of halogens is 1. The molecule has 7 heteroatoms. The molecule has 2 N–H and O–H groups in total. The maximum Gasteiger partial charge on any atom is 0.319 e. The van der Waals surface area contributed by atoms with E-state index < -0.39 is 0 Å². The molecule has 142 valence electrons. The van der Waals surface area contributed by atoms with E-state index in [4.69, 9.17) is 16.3 Å². The lowest BCUT2D eigenvalue weighted by atomic mass is 9.85. The van der Waals surface area contributed by atoms with E-state index in [0.29, 0.717) is 23.7 Å². The van der Waals surface area contributed by atoms with E-state index in [1.807, 2.05) is 24.3 Å². The summed E-state index contributed by atoms with van der Waals surface area (Å²) in [5.74, 6) is 0.713. The fourth-order valence-corrected chi connectivity index (χ4v) is 3.35. The molecule has 0 aliphatic carbocycles. The first-order valence-electron chi connectivity index (χ1n) is 8.67. The van der Waals surface area contributed by atoms with E-state index >= 15 is 0 Å². The first kappa shape index (κ1) is 19.0. The van der Waals surface area contributed by atoms with E-state index in [0.717, 1.165) is 11.3 Å². The molecule has 27 heavy (non-hydrogen) atoms. The van der Waals surface area contributed by atoms with E-state index in [1.165, 1.54) is 0 Å². The number of hydrogen-bond donors (Lipinski definition) is 2. The minimum Gasteiger partial charge on any atom is -0.497 e. The summed E-state index contributed by atoms with van der Waals surface area (Å²) in [5.41, 5.74) is 1.65. The van der Waals surface area contributed by atoms with Crippen molar-refractivity contribution in [3.8, 4) is 5.75 Å². The molecule has 1 fully saturated rings. The Morgan fingerprint density at radius 3 is 2.44 bits per heavy atom. The largest absolute Gasteiger partial charge is 0.497 e. The van der Waals surface area contributed by atoms with Gasteiger partial charge >= 0.3 is 6.03 Å². The van der Waals surface area contributed by atoms with Gasteiger partial charge in [-0.3, -0.25) is 4.79 Å². The van der Waals surface area contributed by atoms with Crippen molar-refractivity contribution >= 4 is 29.2 Å². The number of rotatable bonds is 4. The highest BCUT2D eigenvalue weighted by atomic mass is 35.5. The molecule has 0 spiro atoms. The van der Waals surface area contributed by atoms with Gasteiger partial charge < -0.3 is 20.3 Å². The smallest absolute Gasteiger partial charge is 0.319 e. The topological polar surface area (TPSA) is 70.7 Å². The molecule has 3 rings (SSSR count). The van der Waals surface area contributed by atoms with Crippen LogP contribution in [0.25, 0.3) is 0 Å². The number of urea groups is 1. The van der Waals surface area contributed by atoms with Crippen molar-refractivity contribution in [2.24, 2.45) is 0 Å². The first-order chi connectivity index (χ1) is 13.0. The van der Waals surface area contributed by atoms with Crippen molar-refractivity contribution in [2.45, 2.75) is 18.4 Å². The Bertz CT molecular complexity index is 808. The fourth-order valence-electron chi connectivity index (χ4n) is 3.23. The van der Waals surface area contributed by atoms with E-state index in [1.54, 1.807) is 43.3 Å². The Kier molecular flexibility index (Phi) is 5.86. The lowest BCUT2D eigenvalue weighted by molar-refractivity contribution is -0.133. The predicted octanol–water partition coefficient (Wildman–Crippen LogP) is 3.48. The van der Waals surface area contributed by atoms with Crippen LogP contribution in [-0.4, -0.2) is 43.6 Å². The number of hydrogen-bond acceptors (Lipinski definition) is 3. The van der Waals surface area contributed by atoms with Gasteiger partial charge in [0.2, 0.25) is 5.91 Å². The molecule has 0 bridgehead atoms.